The maximum absolute atomic E-state index is 6.33. The summed E-state index contributed by atoms with van der Waals surface area (Å²) < 4.78 is 6.33. The number of fused-ring (bicyclic) bond motifs is 1. The van der Waals surface area contributed by atoms with E-state index in [1.165, 1.54) is 74.1 Å². The summed E-state index contributed by atoms with van der Waals surface area (Å²) in [5, 5.41) is 2.50. The number of rotatable bonds is 3. The molecule has 24 heavy (non-hydrogen) atoms. The predicted octanol–water partition coefficient (Wildman–Crippen LogP) is 6.75. The highest BCUT2D eigenvalue weighted by molar-refractivity contribution is 5.85. The molecule has 0 saturated heterocycles. The molecule has 0 aromatic heterocycles. The van der Waals surface area contributed by atoms with Crippen molar-refractivity contribution in [1.29, 1.82) is 0 Å². The van der Waals surface area contributed by atoms with Crippen molar-refractivity contribution in [3.05, 3.63) is 48.5 Å². The van der Waals surface area contributed by atoms with Crippen molar-refractivity contribution < 1.29 is 4.74 Å². The van der Waals surface area contributed by atoms with Crippen molar-refractivity contribution in [3.8, 4) is 5.75 Å². The lowest BCUT2D eigenvalue weighted by molar-refractivity contribution is 0.0524. The van der Waals surface area contributed by atoms with Crippen molar-refractivity contribution in [3.63, 3.8) is 0 Å². The van der Waals surface area contributed by atoms with Gasteiger partial charge in [0.15, 0.2) is 0 Å². The second-order valence-electron chi connectivity index (χ2n) is 7.85. The fourth-order valence-electron chi connectivity index (χ4n) is 4.76. The van der Waals surface area contributed by atoms with Crippen molar-refractivity contribution in [2.45, 2.75) is 63.9 Å². The number of benzene rings is 2. The molecule has 0 N–H and O–H groups in total. The highest BCUT2D eigenvalue weighted by Crippen LogP contribution is 2.47. The molecular weight excluding hydrogens is 292 g/mol. The van der Waals surface area contributed by atoms with E-state index < -0.39 is 0 Å². The van der Waals surface area contributed by atoms with Crippen LogP contribution in [0.2, 0.25) is 0 Å². The molecule has 0 amide bonds. The van der Waals surface area contributed by atoms with Gasteiger partial charge in [-0.1, -0.05) is 50.1 Å². The zero-order valence-electron chi connectivity index (χ0n) is 14.6. The van der Waals surface area contributed by atoms with Gasteiger partial charge < -0.3 is 4.74 Å². The molecule has 2 aliphatic rings. The Morgan fingerprint density at radius 1 is 0.875 bits per heavy atom. The van der Waals surface area contributed by atoms with E-state index in [4.69, 9.17) is 4.74 Å². The second-order valence-corrected chi connectivity index (χ2v) is 7.85. The minimum absolute atomic E-state index is 0.405. The first-order valence-corrected chi connectivity index (χ1v) is 9.59. The Morgan fingerprint density at radius 2 is 1.58 bits per heavy atom. The molecule has 2 saturated carbocycles. The molecule has 0 radical (unpaired) electrons. The summed E-state index contributed by atoms with van der Waals surface area (Å²) in [6.45, 7) is 3.84. The third-order valence-electron chi connectivity index (χ3n) is 6.28. The van der Waals surface area contributed by atoms with Crippen LogP contribution in [-0.2, 0) is 0 Å². The van der Waals surface area contributed by atoms with Gasteiger partial charge in [-0.2, -0.15) is 0 Å². The first kappa shape index (κ1) is 15.7. The van der Waals surface area contributed by atoms with E-state index in [2.05, 4.69) is 43.0 Å². The molecule has 4 rings (SSSR count). The Labute approximate surface area is 145 Å². The predicted molar refractivity (Wildman–Crippen MR) is 102 cm³/mol. The summed E-state index contributed by atoms with van der Waals surface area (Å²) in [5.41, 5.74) is 1.84. The quantitative estimate of drug-likeness (QED) is 0.607. The molecule has 2 aliphatic carbocycles. The van der Waals surface area contributed by atoms with Crippen molar-refractivity contribution >= 4 is 16.8 Å². The van der Waals surface area contributed by atoms with E-state index in [0.717, 1.165) is 5.75 Å². The Morgan fingerprint density at radius 3 is 2.33 bits per heavy atom. The zero-order chi connectivity index (χ0) is 16.4. The normalized spacial score (nSPS) is 21.0. The topological polar surface area (TPSA) is 9.23 Å². The van der Waals surface area contributed by atoms with Crippen molar-refractivity contribution in [2.75, 3.05) is 0 Å². The van der Waals surface area contributed by atoms with Crippen LogP contribution in [0, 0.1) is 5.41 Å². The van der Waals surface area contributed by atoms with Crippen LogP contribution in [-0.4, -0.2) is 6.10 Å². The molecule has 1 nitrogen and oxygen atoms in total. The molecule has 0 bridgehead atoms. The average molecular weight is 320 g/mol. The van der Waals surface area contributed by atoms with E-state index in [9.17, 15) is 0 Å². The van der Waals surface area contributed by atoms with Gasteiger partial charge in [0.1, 0.15) is 5.75 Å². The van der Waals surface area contributed by atoms with Gasteiger partial charge in [0.2, 0.25) is 0 Å². The Bertz CT molecular complexity index is 714. The lowest BCUT2D eigenvalue weighted by Crippen LogP contribution is -2.33. The molecule has 0 heterocycles. The van der Waals surface area contributed by atoms with E-state index in [1.54, 1.807) is 0 Å². The third kappa shape index (κ3) is 3.22. The highest BCUT2D eigenvalue weighted by atomic mass is 16.5. The monoisotopic (exact) mass is 320 g/mol. The fraction of sp³-hybridized carbons (Fsp3) is 0.478. The van der Waals surface area contributed by atoms with E-state index in [-0.39, 0.29) is 0 Å². The molecule has 126 valence electrons. The number of hydrogen-bond donors (Lipinski definition) is 0. The summed E-state index contributed by atoms with van der Waals surface area (Å²) in [6.07, 6.45) is 14.8. The molecule has 1 heteroatoms. The van der Waals surface area contributed by atoms with Crippen LogP contribution in [0.1, 0.15) is 63.4 Å². The maximum atomic E-state index is 6.33. The fourth-order valence-corrected chi connectivity index (χ4v) is 4.76. The molecule has 0 atom stereocenters. The summed E-state index contributed by atoms with van der Waals surface area (Å²) in [7, 11) is 0. The van der Waals surface area contributed by atoms with Crippen LogP contribution in [0.5, 0.6) is 5.75 Å². The molecule has 0 unspecified atom stereocenters. The summed E-state index contributed by atoms with van der Waals surface area (Å²) in [6, 6.07) is 12.9. The van der Waals surface area contributed by atoms with E-state index in [1.807, 2.05) is 6.08 Å². The van der Waals surface area contributed by atoms with Gasteiger partial charge in [-0.25, -0.2) is 0 Å². The van der Waals surface area contributed by atoms with Gasteiger partial charge in [-0.15, -0.1) is 0 Å². The number of hydrogen-bond acceptors (Lipinski definition) is 1. The Balaban J connectivity index is 1.42. The minimum Gasteiger partial charge on any atom is -0.490 e. The van der Waals surface area contributed by atoms with Gasteiger partial charge in [0.25, 0.3) is 0 Å². The van der Waals surface area contributed by atoms with E-state index >= 15 is 0 Å². The van der Waals surface area contributed by atoms with Crippen LogP contribution in [0.4, 0.5) is 0 Å². The SMILES string of the molecule is C=Cc1ccc2cc(OC3CCC4(CCCCC4)CC3)ccc2c1. The molecule has 1 spiro atoms. The Hall–Kier alpha value is -1.76. The van der Waals surface area contributed by atoms with Crippen LogP contribution in [0.3, 0.4) is 0 Å². The van der Waals surface area contributed by atoms with Gasteiger partial charge >= 0.3 is 0 Å². The van der Waals surface area contributed by atoms with Gasteiger partial charge in [0.05, 0.1) is 6.10 Å². The number of ether oxygens (including phenoxy) is 1. The molecule has 0 aliphatic heterocycles. The van der Waals surface area contributed by atoms with Crippen molar-refractivity contribution in [2.24, 2.45) is 5.41 Å². The molecule has 2 fully saturated rings. The first-order valence-electron chi connectivity index (χ1n) is 9.59. The summed E-state index contributed by atoms with van der Waals surface area (Å²) in [5.74, 6) is 1.03. The van der Waals surface area contributed by atoms with E-state index in [0.29, 0.717) is 11.5 Å². The molecule has 2 aromatic carbocycles. The first-order chi connectivity index (χ1) is 11.8. The zero-order valence-corrected chi connectivity index (χ0v) is 14.6. The smallest absolute Gasteiger partial charge is 0.120 e. The second kappa shape index (κ2) is 6.63. The average Bonchev–Trinajstić information content (AvgIpc) is 2.64. The van der Waals surface area contributed by atoms with Crippen LogP contribution >= 0.6 is 0 Å². The lowest BCUT2D eigenvalue weighted by atomic mass is 9.65. The highest BCUT2D eigenvalue weighted by Gasteiger charge is 2.36. The van der Waals surface area contributed by atoms with Gasteiger partial charge in [0, 0.05) is 0 Å². The van der Waals surface area contributed by atoms with Crippen LogP contribution < -0.4 is 4.74 Å². The molecular formula is C23H28O. The van der Waals surface area contributed by atoms with Gasteiger partial charge in [-0.05, 0) is 78.5 Å². The van der Waals surface area contributed by atoms with Crippen LogP contribution in [0.15, 0.2) is 43.0 Å². The maximum Gasteiger partial charge on any atom is 0.120 e. The largest absolute Gasteiger partial charge is 0.490 e. The summed E-state index contributed by atoms with van der Waals surface area (Å²) in [4.78, 5) is 0. The molecule has 2 aromatic rings. The van der Waals surface area contributed by atoms with Crippen molar-refractivity contribution in [1.82, 2.24) is 0 Å². The summed E-state index contributed by atoms with van der Waals surface area (Å²) >= 11 is 0. The minimum atomic E-state index is 0.405. The van der Waals surface area contributed by atoms with Gasteiger partial charge in [-0.3, -0.25) is 0 Å². The lowest BCUT2D eigenvalue weighted by Gasteiger charge is -2.42. The third-order valence-corrected chi connectivity index (χ3v) is 6.28. The Kier molecular flexibility index (Phi) is 4.35. The standard InChI is InChI=1S/C23H28O/c1-2-18-6-7-20-17-22(9-8-19(20)16-18)24-21-10-14-23(15-11-21)12-4-3-5-13-23/h2,6-9,16-17,21H,1,3-5,10-15H2. The van der Waals surface area contributed by atoms with Crippen LogP contribution in [0.25, 0.3) is 16.8 Å².